The summed E-state index contributed by atoms with van der Waals surface area (Å²) < 4.78 is 5.94. The number of benzene rings is 1. The number of anilines is 2. The van der Waals surface area contributed by atoms with Gasteiger partial charge in [0, 0.05) is 46.3 Å². The number of aryl methyl sites for hydroxylation is 1. The van der Waals surface area contributed by atoms with Gasteiger partial charge < -0.3 is 19.9 Å². The van der Waals surface area contributed by atoms with Crippen molar-refractivity contribution in [2.75, 3.05) is 58.5 Å². The van der Waals surface area contributed by atoms with E-state index in [0.29, 0.717) is 28.5 Å². The number of piperidine rings is 1. The van der Waals surface area contributed by atoms with Crippen molar-refractivity contribution in [1.29, 1.82) is 0 Å². The third-order valence-corrected chi connectivity index (χ3v) is 9.01. The number of hydrogen-bond donors (Lipinski definition) is 2. The van der Waals surface area contributed by atoms with Gasteiger partial charge in [0.25, 0.3) is 0 Å². The molecule has 1 fully saturated rings. The summed E-state index contributed by atoms with van der Waals surface area (Å²) in [5.74, 6) is 3.32. The van der Waals surface area contributed by atoms with Crippen LogP contribution in [0.1, 0.15) is 57.8 Å². The number of likely N-dealkylation sites (N-methyl/N-ethyl adjacent to an activating group) is 1. The summed E-state index contributed by atoms with van der Waals surface area (Å²) in [6.45, 7) is 14.4. The Morgan fingerprint density at radius 1 is 1.12 bits per heavy atom. The van der Waals surface area contributed by atoms with Crippen molar-refractivity contribution in [3.05, 3.63) is 65.5 Å². The maximum Gasteiger partial charge on any atom is 0.194 e. The maximum absolute atomic E-state index is 5.94. The fraction of sp³-hybridized carbons (Fsp3) is 0.485. The molecule has 1 aromatic carbocycles. The Labute approximate surface area is 267 Å². The molecular formula is C33H49N7OS2. The van der Waals surface area contributed by atoms with Crippen LogP contribution in [-0.2, 0) is 0 Å². The van der Waals surface area contributed by atoms with Crippen LogP contribution >= 0.6 is 23.5 Å². The zero-order valence-corrected chi connectivity index (χ0v) is 28.7. The van der Waals surface area contributed by atoms with Crippen LogP contribution in [0.3, 0.4) is 0 Å². The number of nitrogens with one attached hydrogen (secondary N) is 2. The lowest BCUT2D eigenvalue weighted by Crippen LogP contribution is -2.37. The average molecular weight is 624 g/mol. The van der Waals surface area contributed by atoms with E-state index in [1.807, 2.05) is 38.6 Å². The molecule has 2 aromatic heterocycles. The summed E-state index contributed by atoms with van der Waals surface area (Å²) in [4.78, 5) is 17.1. The van der Waals surface area contributed by atoms with Crippen LogP contribution in [0.4, 0.5) is 11.6 Å². The highest BCUT2D eigenvalue weighted by molar-refractivity contribution is 7.99. The van der Waals surface area contributed by atoms with Crippen molar-refractivity contribution in [1.82, 2.24) is 30.0 Å². The third kappa shape index (κ3) is 10.7. The van der Waals surface area contributed by atoms with E-state index in [0.717, 1.165) is 61.1 Å². The molecule has 0 saturated carbocycles. The number of thioether (sulfide) groups is 1. The Kier molecular flexibility index (Phi) is 14.6. The molecule has 3 heterocycles. The topological polar surface area (TPSA) is 82.2 Å². The number of likely N-dealkylation sites (tertiary alicyclic amines) is 1. The van der Waals surface area contributed by atoms with E-state index in [1.165, 1.54) is 10.5 Å². The molecule has 0 radical (unpaired) electrons. The van der Waals surface area contributed by atoms with Crippen LogP contribution in [0.15, 0.2) is 69.1 Å². The molecule has 4 rings (SSSR count). The van der Waals surface area contributed by atoms with Crippen molar-refractivity contribution >= 4 is 35.2 Å². The highest BCUT2D eigenvalue weighted by Gasteiger charge is 2.28. The second-order valence-electron chi connectivity index (χ2n) is 10.5. The van der Waals surface area contributed by atoms with Gasteiger partial charge >= 0.3 is 0 Å². The molecule has 0 spiro atoms. The predicted octanol–water partition coefficient (Wildman–Crippen LogP) is 7.79. The zero-order valence-electron chi connectivity index (χ0n) is 27.1. The minimum Gasteiger partial charge on any atom is -0.491 e. The summed E-state index contributed by atoms with van der Waals surface area (Å²) >= 11 is 3.42. The highest BCUT2D eigenvalue weighted by atomic mass is 32.2. The molecular weight excluding hydrogens is 575 g/mol. The minimum atomic E-state index is 0.307. The fourth-order valence-corrected chi connectivity index (χ4v) is 6.44. The lowest BCUT2D eigenvalue weighted by molar-refractivity contribution is 0.191. The number of allylic oxidation sites excluding steroid dienone is 3. The normalized spacial score (nSPS) is 14.7. The van der Waals surface area contributed by atoms with Gasteiger partial charge in [-0.05, 0) is 102 Å². The first-order chi connectivity index (χ1) is 20.9. The van der Waals surface area contributed by atoms with E-state index in [4.69, 9.17) is 14.7 Å². The predicted molar refractivity (Wildman–Crippen MR) is 183 cm³/mol. The van der Waals surface area contributed by atoms with Gasteiger partial charge in [-0.15, -0.1) is 11.8 Å². The minimum absolute atomic E-state index is 0.307. The van der Waals surface area contributed by atoms with Gasteiger partial charge in [-0.2, -0.15) is 5.10 Å². The molecule has 0 bridgehead atoms. The molecule has 10 heteroatoms. The van der Waals surface area contributed by atoms with Gasteiger partial charge in [0.15, 0.2) is 22.5 Å². The molecule has 8 nitrogen and oxygen atoms in total. The van der Waals surface area contributed by atoms with Crippen LogP contribution in [0.25, 0.3) is 0 Å². The van der Waals surface area contributed by atoms with E-state index in [9.17, 15) is 0 Å². The number of methoxy groups -OCH3 is 1. The molecule has 0 amide bonds. The van der Waals surface area contributed by atoms with Crippen molar-refractivity contribution in [3.63, 3.8) is 0 Å². The van der Waals surface area contributed by atoms with Gasteiger partial charge in [0.05, 0.1) is 12.8 Å². The van der Waals surface area contributed by atoms with E-state index in [-0.39, 0.29) is 0 Å². The summed E-state index contributed by atoms with van der Waals surface area (Å²) in [7, 11) is 5.96. The lowest BCUT2D eigenvalue weighted by atomic mass is 9.92. The smallest absolute Gasteiger partial charge is 0.194 e. The third-order valence-electron chi connectivity index (χ3n) is 7.06. The quantitative estimate of drug-likeness (QED) is 0.113. The number of hydrogen-bond acceptors (Lipinski definition) is 9. The summed E-state index contributed by atoms with van der Waals surface area (Å²) in [5, 5.41) is 11.4. The van der Waals surface area contributed by atoms with Gasteiger partial charge in [0.1, 0.15) is 0 Å². The van der Waals surface area contributed by atoms with E-state index < -0.39 is 0 Å². The van der Waals surface area contributed by atoms with E-state index >= 15 is 0 Å². The first-order valence-corrected chi connectivity index (χ1v) is 17.0. The van der Waals surface area contributed by atoms with E-state index in [1.54, 1.807) is 18.9 Å². The molecule has 0 atom stereocenters. The van der Waals surface area contributed by atoms with Gasteiger partial charge in [0.2, 0.25) is 0 Å². The molecule has 234 valence electrons. The molecule has 2 N–H and O–H groups in total. The monoisotopic (exact) mass is 623 g/mol. The Morgan fingerprint density at radius 2 is 1.81 bits per heavy atom. The number of aromatic nitrogens is 4. The van der Waals surface area contributed by atoms with Crippen LogP contribution < -0.4 is 10.1 Å². The molecule has 1 saturated heterocycles. The van der Waals surface area contributed by atoms with E-state index in [2.05, 4.69) is 95.8 Å². The number of H-pyrrole nitrogens is 1. The van der Waals surface area contributed by atoms with Crippen LogP contribution in [0.2, 0.25) is 0 Å². The van der Waals surface area contributed by atoms with Gasteiger partial charge in [-0.3, -0.25) is 5.10 Å². The zero-order chi connectivity index (χ0) is 31.2. The molecule has 0 aliphatic carbocycles. The Balaban J connectivity index is 0.00000248. The second kappa shape index (κ2) is 18.1. The maximum atomic E-state index is 5.94. The van der Waals surface area contributed by atoms with Crippen molar-refractivity contribution in [2.45, 2.75) is 68.3 Å². The van der Waals surface area contributed by atoms with Crippen molar-refractivity contribution < 1.29 is 4.74 Å². The van der Waals surface area contributed by atoms with Gasteiger partial charge in [-0.1, -0.05) is 32.1 Å². The molecule has 1 aliphatic heterocycles. The Bertz CT molecular complexity index is 1310. The lowest BCUT2D eigenvalue weighted by Gasteiger charge is -2.33. The van der Waals surface area contributed by atoms with Gasteiger partial charge in [-0.25, -0.2) is 9.97 Å². The first kappa shape index (κ1) is 34.7. The van der Waals surface area contributed by atoms with Crippen molar-refractivity contribution in [2.24, 2.45) is 0 Å². The Morgan fingerprint density at radius 3 is 2.40 bits per heavy atom. The Hall–Kier alpha value is -2.79. The van der Waals surface area contributed by atoms with Crippen LogP contribution in [-0.4, -0.2) is 83.1 Å². The average Bonchev–Trinajstić information content (AvgIpc) is 3.44. The largest absolute Gasteiger partial charge is 0.491 e. The molecule has 0 unspecified atom stereocenters. The number of aromatic amines is 1. The first-order valence-electron chi connectivity index (χ1n) is 15.2. The van der Waals surface area contributed by atoms with Crippen LogP contribution in [0, 0.1) is 6.92 Å². The molecule has 1 aliphatic rings. The summed E-state index contributed by atoms with van der Waals surface area (Å²) in [5.41, 5.74) is 3.28. The van der Waals surface area contributed by atoms with Crippen molar-refractivity contribution in [3.8, 4) is 5.75 Å². The fourth-order valence-electron chi connectivity index (χ4n) is 4.75. The van der Waals surface area contributed by atoms with Crippen LogP contribution in [0.5, 0.6) is 5.75 Å². The SMILES string of the molecule is C/C=C\C(=C/C)CSc1ccc(Sc2nc(Nc3cc(C)[nH]n3)c(OC)c(C3CCN(CCN(C)C)CC3)n2)cc1.CC. The number of rotatable bonds is 13. The molecule has 3 aromatic rings. The standard InChI is InChI=1S/C31H43N7OS2.C2H6/c1-7-9-23(8-2)21-40-25-10-12-26(13-11-25)41-31-33-28(24-14-16-38(17-15-24)19-18-37(4)5)29(39-6)30(34-31)32-27-20-22(3)35-36-27;1-2/h7-13,20,24H,14-19,21H2,1-6H3,(H2,32,33,34,35,36);1-2H3/b9-7-,23-8+;. The summed E-state index contributed by atoms with van der Waals surface area (Å²) in [6.07, 6.45) is 8.50. The number of nitrogens with zero attached hydrogens (tertiary/aromatic N) is 5. The highest BCUT2D eigenvalue weighted by Crippen LogP contribution is 2.40. The number of ether oxygens (including phenoxy) is 1. The molecule has 43 heavy (non-hydrogen) atoms. The second-order valence-corrected chi connectivity index (χ2v) is 12.6. The summed E-state index contributed by atoms with van der Waals surface area (Å²) in [6, 6.07) is 10.6.